The summed E-state index contributed by atoms with van der Waals surface area (Å²) in [5.41, 5.74) is -1.13. The van der Waals surface area contributed by atoms with Crippen molar-refractivity contribution in [2.75, 3.05) is 17.4 Å². The Bertz CT molecular complexity index is 1880. The second-order valence-corrected chi connectivity index (χ2v) is 11.7. The fourth-order valence-electron chi connectivity index (χ4n) is 5.09. The molecule has 1 atom stereocenters. The van der Waals surface area contributed by atoms with E-state index in [9.17, 15) is 40.0 Å². The highest BCUT2D eigenvalue weighted by Crippen LogP contribution is 2.41. The van der Waals surface area contributed by atoms with Crippen LogP contribution in [0.5, 0.6) is 5.75 Å². The molecule has 0 spiro atoms. The van der Waals surface area contributed by atoms with Gasteiger partial charge >= 0.3 is 6.18 Å². The van der Waals surface area contributed by atoms with Gasteiger partial charge < -0.3 is 4.74 Å². The van der Waals surface area contributed by atoms with Crippen LogP contribution in [-0.2, 0) is 16.2 Å². The number of amides is 2. The summed E-state index contributed by atoms with van der Waals surface area (Å²) in [7, 11) is -4.73. The quantitative estimate of drug-likeness (QED) is 0.207. The number of benzene rings is 4. The van der Waals surface area contributed by atoms with Gasteiger partial charge in [0.05, 0.1) is 40.4 Å². The Hall–Kier alpha value is -4.78. The molecule has 220 valence electrons. The third kappa shape index (κ3) is 4.99. The van der Waals surface area contributed by atoms with E-state index in [1.807, 2.05) is 0 Å². The molecule has 0 aromatic heterocycles. The van der Waals surface area contributed by atoms with Crippen LogP contribution in [0.4, 0.5) is 27.6 Å². The Morgan fingerprint density at radius 2 is 1.51 bits per heavy atom. The minimum atomic E-state index is -4.83. The number of halogens is 5. The second-order valence-electron chi connectivity index (χ2n) is 9.87. The maximum Gasteiger partial charge on any atom is 0.416 e. The summed E-state index contributed by atoms with van der Waals surface area (Å²) in [6.07, 6.45) is -5.96. The molecule has 4 aromatic rings. The van der Waals surface area contributed by atoms with E-state index >= 15 is 0 Å². The summed E-state index contributed by atoms with van der Waals surface area (Å²) in [6.45, 7) is -0.894. The number of alkyl halides is 3. The van der Waals surface area contributed by atoms with E-state index in [1.165, 1.54) is 30.3 Å². The largest absolute Gasteiger partial charge is 0.484 e. The van der Waals surface area contributed by atoms with Crippen molar-refractivity contribution in [3.8, 4) is 16.9 Å². The first-order valence-electron chi connectivity index (χ1n) is 12.8. The van der Waals surface area contributed by atoms with Gasteiger partial charge in [0.2, 0.25) is 0 Å². The normalized spacial score (nSPS) is 16.6. The highest BCUT2D eigenvalue weighted by atomic mass is 32.2. The predicted octanol–water partition coefficient (Wildman–Crippen LogP) is 5.90. The van der Waals surface area contributed by atoms with Crippen molar-refractivity contribution in [1.82, 2.24) is 4.90 Å². The van der Waals surface area contributed by atoms with Crippen molar-refractivity contribution >= 4 is 27.5 Å². The Kier molecular flexibility index (Phi) is 6.72. The van der Waals surface area contributed by atoms with Gasteiger partial charge in [-0.3, -0.25) is 18.8 Å². The van der Waals surface area contributed by atoms with Crippen LogP contribution in [0.3, 0.4) is 0 Å². The van der Waals surface area contributed by atoms with E-state index < -0.39 is 62.8 Å². The number of anilines is 1. The maximum absolute atomic E-state index is 14.6. The lowest BCUT2D eigenvalue weighted by molar-refractivity contribution is -0.137. The summed E-state index contributed by atoms with van der Waals surface area (Å²) in [5, 5.41) is 0. The lowest BCUT2D eigenvalue weighted by Gasteiger charge is -2.37. The van der Waals surface area contributed by atoms with Crippen molar-refractivity contribution in [1.29, 1.82) is 0 Å². The Labute approximate surface area is 241 Å². The SMILES string of the molecule is O=C1c2ccccc2C(=O)N1C[C@H]1CN(S(=O)(=O)c2cccc(C(F)(F)F)c2)c2cc(-c3cc(F)ccc3F)ccc2O1. The molecule has 2 heterocycles. The first-order chi connectivity index (χ1) is 20.3. The third-order valence-electron chi connectivity index (χ3n) is 7.14. The minimum absolute atomic E-state index is 0.0658. The van der Waals surface area contributed by atoms with Gasteiger partial charge in [-0.25, -0.2) is 17.2 Å². The Morgan fingerprint density at radius 3 is 2.19 bits per heavy atom. The molecule has 7 nitrogen and oxygen atoms in total. The number of carbonyl (C=O) groups excluding carboxylic acids is 2. The second kappa shape index (κ2) is 10.2. The lowest BCUT2D eigenvalue weighted by atomic mass is 10.0. The number of imide groups is 1. The van der Waals surface area contributed by atoms with Crippen LogP contribution in [0.2, 0.25) is 0 Å². The highest BCUT2D eigenvalue weighted by molar-refractivity contribution is 7.92. The number of fused-ring (bicyclic) bond motifs is 2. The summed E-state index contributed by atoms with van der Waals surface area (Å²) in [4.78, 5) is 26.2. The average molecular weight is 615 g/mol. The van der Waals surface area contributed by atoms with Crippen molar-refractivity contribution in [3.05, 3.63) is 113 Å². The lowest BCUT2D eigenvalue weighted by Crippen LogP contribution is -2.49. The van der Waals surface area contributed by atoms with Crippen LogP contribution in [-0.4, -0.2) is 44.3 Å². The van der Waals surface area contributed by atoms with E-state index in [2.05, 4.69) is 0 Å². The molecule has 43 heavy (non-hydrogen) atoms. The topological polar surface area (TPSA) is 84.0 Å². The number of hydrogen-bond donors (Lipinski definition) is 0. The third-order valence-corrected chi connectivity index (χ3v) is 8.92. The summed E-state index contributed by atoms with van der Waals surface area (Å²) in [6, 6.07) is 15.9. The van der Waals surface area contributed by atoms with E-state index in [-0.39, 0.29) is 40.2 Å². The molecule has 4 aromatic carbocycles. The van der Waals surface area contributed by atoms with Crippen molar-refractivity contribution in [2.24, 2.45) is 0 Å². The van der Waals surface area contributed by atoms with Gasteiger partial charge in [-0.05, 0) is 66.2 Å². The Balaban J connectivity index is 1.43. The van der Waals surface area contributed by atoms with Crippen LogP contribution in [0.15, 0.2) is 89.8 Å². The number of sulfonamides is 1. The number of nitrogens with zero attached hydrogens (tertiary/aromatic N) is 2. The molecular weight excluding hydrogens is 595 g/mol. The zero-order chi connectivity index (χ0) is 30.7. The van der Waals surface area contributed by atoms with Gasteiger partial charge in [0, 0.05) is 5.56 Å². The monoisotopic (exact) mass is 614 g/mol. The highest BCUT2D eigenvalue weighted by Gasteiger charge is 2.41. The Morgan fingerprint density at radius 1 is 0.814 bits per heavy atom. The summed E-state index contributed by atoms with van der Waals surface area (Å²) in [5.74, 6) is -2.84. The van der Waals surface area contributed by atoms with Gasteiger partial charge in [0.15, 0.2) is 0 Å². The molecule has 2 aliphatic rings. The first-order valence-corrected chi connectivity index (χ1v) is 14.2. The van der Waals surface area contributed by atoms with Gasteiger partial charge in [0.25, 0.3) is 21.8 Å². The molecule has 0 saturated carbocycles. The molecule has 2 amide bonds. The van der Waals surface area contributed by atoms with Gasteiger partial charge in [-0.2, -0.15) is 13.2 Å². The summed E-state index contributed by atoms with van der Waals surface area (Å²) < 4.78 is 104. The molecule has 0 aliphatic carbocycles. The number of carbonyl (C=O) groups is 2. The maximum atomic E-state index is 14.6. The van der Waals surface area contributed by atoms with Gasteiger partial charge in [-0.15, -0.1) is 0 Å². The first kappa shape index (κ1) is 28.3. The molecule has 0 fully saturated rings. The standard InChI is InChI=1S/C30H19F5N2O5S/c31-19-9-10-25(32)24(14-19)17-8-11-27-26(12-17)37(43(40,41)21-5-3-4-18(13-21)30(33,34)35)16-20(42-27)15-36-28(38)22-6-1-2-7-23(22)29(36)39/h1-14,20H,15-16H2/t20-/m0/s1. The molecule has 13 heteroatoms. The predicted molar refractivity (Wildman–Crippen MR) is 144 cm³/mol. The molecule has 0 unspecified atom stereocenters. The van der Waals surface area contributed by atoms with Gasteiger partial charge in [-0.1, -0.05) is 24.3 Å². The molecular formula is C30H19F5N2O5S. The molecule has 0 radical (unpaired) electrons. The minimum Gasteiger partial charge on any atom is -0.484 e. The van der Waals surface area contributed by atoms with Crippen LogP contribution < -0.4 is 9.04 Å². The molecule has 6 rings (SSSR count). The molecule has 0 N–H and O–H groups in total. The van der Waals surface area contributed by atoms with Crippen molar-refractivity contribution < 1.29 is 44.7 Å². The van der Waals surface area contributed by atoms with Crippen molar-refractivity contribution in [3.63, 3.8) is 0 Å². The number of hydrogen-bond acceptors (Lipinski definition) is 5. The van der Waals surface area contributed by atoms with Crippen LogP contribution in [0, 0.1) is 11.6 Å². The van der Waals surface area contributed by atoms with E-state index in [1.54, 1.807) is 12.1 Å². The zero-order valence-electron chi connectivity index (χ0n) is 21.8. The van der Waals surface area contributed by atoms with E-state index in [4.69, 9.17) is 4.74 Å². The van der Waals surface area contributed by atoms with Crippen LogP contribution >= 0.6 is 0 Å². The molecule has 2 aliphatic heterocycles. The fourth-order valence-corrected chi connectivity index (χ4v) is 6.63. The molecule has 0 saturated heterocycles. The van der Waals surface area contributed by atoms with Crippen LogP contribution in [0.1, 0.15) is 26.3 Å². The molecule has 0 bridgehead atoms. The number of ether oxygens (including phenoxy) is 1. The number of rotatable bonds is 5. The fraction of sp³-hybridized carbons (Fsp3) is 0.133. The smallest absolute Gasteiger partial charge is 0.416 e. The van der Waals surface area contributed by atoms with Gasteiger partial charge in [0.1, 0.15) is 23.5 Å². The van der Waals surface area contributed by atoms with E-state index in [0.717, 1.165) is 45.6 Å². The average Bonchev–Trinajstić information content (AvgIpc) is 3.22. The van der Waals surface area contributed by atoms with E-state index in [0.29, 0.717) is 6.07 Å². The van der Waals surface area contributed by atoms with Crippen molar-refractivity contribution in [2.45, 2.75) is 17.2 Å². The zero-order valence-corrected chi connectivity index (χ0v) is 22.6. The summed E-state index contributed by atoms with van der Waals surface area (Å²) >= 11 is 0. The van der Waals surface area contributed by atoms with Crippen LogP contribution in [0.25, 0.3) is 11.1 Å².